The van der Waals surface area contributed by atoms with Gasteiger partial charge in [0.15, 0.2) is 0 Å². The molecule has 0 saturated carbocycles. The number of nitro groups is 1. The van der Waals surface area contributed by atoms with Gasteiger partial charge in [0.05, 0.1) is 19.1 Å². The Labute approximate surface area is 191 Å². The van der Waals surface area contributed by atoms with Crippen molar-refractivity contribution in [2.24, 2.45) is 0 Å². The van der Waals surface area contributed by atoms with Crippen molar-refractivity contribution in [3.63, 3.8) is 0 Å². The fourth-order valence-corrected chi connectivity index (χ4v) is 3.29. The SMILES string of the molecule is CCC(C)N(CCc1nc(-c2cc(OC)cc(OC)c2)no1)C(=O)c1cccc([N+](=O)[O-])c1. The van der Waals surface area contributed by atoms with Crippen LogP contribution in [0.15, 0.2) is 47.0 Å². The van der Waals surface area contributed by atoms with Crippen LogP contribution < -0.4 is 9.47 Å². The van der Waals surface area contributed by atoms with Crippen LogP contribution in [0.3, 0.4) is 0 Å². The van der Waals surface area contributed by atoms with E-state index in [2.05, 4.69) is 10.1 Å². The number of non-ortho nitro benzene ring substituents is 1. The average molecular weight is 454 g/mol. The number of methoxy groups -OCH3 is 2. The second kappa shape index (κ2) is 10.6. The van der Waals surface area contributed by atoms with Gasteiger partial charge in [0.1, 0.15) is 11.5 Å². The first-order valence-electron chi connectivity index (χ1n) is 10.5. The van der Waals surface area contributed by atoms with Crippen LogP contribution in [-0.2, 0) is 6.42 Å². The highest BCUT2D eigenvalue weighted by Crippen LogP contribution is 2.28. The van der Waals surface area contributed by atoms with Crippen LogP contribution in [0.1, 0.15) is 36.5 Å². The molecule has 1 aromatic heterocycles. The molecule has 10 heteroatoms. The summed E-state index contributed by atoms with van der Waals surface area (Å²) in [5.74, 6) is 1.65. The third kappa shape index (κ3) is 5.65. The van der Waals surface area contributed by atoms with E-state index in [9.17, 15) is 14.9 Å². The summed E-state index contributed by atoms with van der Waals surface area (Å²) in [6, 6.07) is 10.9. The summed E-state index contributed by atoms with van der Waals surface area (Å²) >= 11 is 0. The predicted octanol–water partition coefficient (Wildman–Crippen LogP) is 4.15. The zero-order chi connectivity index (χ0) is 24.0. The Bertz CT molecular complexity index is 1110. The van der Waals surface area contributed by atoms with Gasteiger partial charge in [-0.15, -0.1) is 0 Å². The summed E-state index contributed by atoms with van der Waals surface area (Å²) in [5.41, 5.74) is 0.812. The molecule has 0 spiro atoms. The van der Waals surface area contributed by atoms with Crippen LogP contribution in [0.4, 0.5) is 5.69 Å². The molecule has 0 aliphatic carbocycles. The van der Waals surface area contributed by atoms with Gasteiger partial charge in [-0.25, -0.2) is 0 Å². The number of benzene rings is 2. The first-order chi connectivity index (χ1) is 15.9. The molecule has 0 bridgehead atoms. The third-order valence-corrected chi connectivity index (χ3v) is 5.33. The van der Waals surface area contributed by atoms with Crippen molar-refractivity contribution in [2.75, 3.05) is 20.8 Å². The molecular formula is C23H26N4O6. The van der Waals surface area contributed by atoms with Crippen LogP contribution in [0, 0.1) is 10.1 Å². The van der Waals surface area contributed by atoms with Gasteiger partial charge in [0, 0.05) is 48.3 Å². The van der Waals surface area contributed by atoms with Gasteiger partial charge < -0.3 is 18.9 Å². The van der Waals surface area contributed by atoms with E-state index in [1.54, 1.807) is 43.4 Å². The molecule has 1 amide bonds. The molecule has 1 heterocycles. The van der Waals surface area contributed by atoms with Gasteiger partial charge in [0.2, 0.25) is 11.7 Å². The van der Waals surface area contributed by atoms with Gasteiger partial charge in [-0.05, 0) is 31.5 Å². The van der Waals surface area contributed by atoms with E-state index in [1.165, 1.54) is 18.2 Å². The number of aromatic nitrogens is 2. The molecule has 0 saturated heterocycles. The highest BCUT2D eigenvalue weighted by Gasteiger charge is 2.23. The van der Waals surface area contributed by atoms with Crippen molar-refractivity contribution in [2.45, 2.75) is 32.7 Å². The number of hydrogen-bond acceptors (Lipinski definition) is 8. The van der Waals surface area contributed by atoms with Crippen molar-refractivity contribution in [3.8, 4) is 22.9 Å². The summed E-state index contributed by atoms with van der Waals surface area (Å²) in [4.78, 5) is 29.8. The molecule has 0 aliphatic rings. The highest BCUT2D eigenvalue weighted by atomic mass is 16.6. The maximum Gasteiger partial charge on any atom is 0.270 e. The maximum atomic E-state index is 13.1. The lowest BCUT2D eigenvalue weighted by Gasteiger charge is -2.28. The minimum absolute atomic E-state index is 0.0817. The number of nitrogens with zero attached hydrogens (tertiary/aromatic N) is 4. The van der Waals surface area contributed by atoms with Crippen molar-refractivity contribution in [3.05, 3.63) is 64.0 Å². The molecule has 3 aromatic rings. The summed E-state index contributed by atoms with van der Waals surface area (Å²) in [6.45, 7) is 4.22. The molecule has 174 valence electrons. The van der Waals surface area contributed by atoms with Crippen LogP contribution in [-0.4, -0.2) is 52.7 Å². The lowest BCUT2D eigenvalue weighted by Crippen LogP contribution is -2.39. The standard InChI is InChI=1S/C23H26N4O6/c1-5-15(2)26(23(28)16-7-6-8-18(11-16)27(29)30)10-9-21-24-22(25-33-21)17-12-19(31-3)14-20(13-17)32-4/h6-8,11-15H,5,9-10H2,1-4H3. The quantitative estimate of drug-likeness (QED) is 0.331. The zero-order valence-corrected chi connectivity index (χ0v) is 19.0. The van der Waals surface area contributed by atoms with Gasteiger partial charge in [-0.1, -0.05) is 18.1 Å². The highest BCUT2D eigenvalue weighted by molar-refractivity contribution is 5.95. The van der Waals surface area contributed by atoms with Gasteiger partial charge in [-0.3, -0.25) is 14.9 Å². The van der Waals surface area contributed by atoms with Gasteiger partial charge >= 0.3 is 0 Å². The lowest BCUT2D eigenvalue weighted by molar-refractivity contribution is -0.384. The Morgan fingerprint density at radius 2 is 1.88 bits per heavy atom. The molecule has 10 nitrogen and oxygen atoms in total. The molecule has 1 atom stereocenters. The van der Waals surface area contributed by atoms with Crippen molar-refractivity contribution < 1.29 is 23.7 Å². The number of nitro benzene ring substituents is 1. The van der Waals surface area contributed by atoms with Crippen LogP contribution in [0.5, 0.6) is 11.5 Å². The molecular weight excluding hydrogens is 428 g/mol. The number of carbonyl (C=O) groups is 1. The number of amides is 1. The summed E-state index contributed by atoms with van der Waals surface area (Å²) in [6.07, 6.45) is 1.05. The normalized spacial score (nSPS) is 11.6. The van der Waals surface area contributed by atoms with E-state index >= 15 is 0 Å². The first kappa shape index (κ1) is 23.7. The molecule has 0 radical (unpaired) electrons. The van der Waals surface area contributed by atoms with Gasteiger partial charge in [-0.2, -0.15) is 4.98 Å². The second-order valence-electron chi connectivity index (χ2n) is 7.43. The molecule has 3 rings (SSSR count). The number of rotatable bonds is 10. The fourth-order valence-electron chi connectivity index (χ4n) is 3.29. The zero-order valence-electron chi connectivity index (χ0n) is 19.0. The number of hydrogen-bond donors (Lipinski definition) is 0. The minimum atomic E-state index is -0.516. The smallest absolute Gasteiger partial charge is 0.270 e. The topological polar surface area (TPSA) is 121 Å². The molecule has 0 N–H and O–H groups in total. The molecule has 0 fully saturated rings. The fraction of sp³-hybridized carbons (Fsp3) is 0.348. The van der Waals surface area contributed by atoms with E-state index < -0.39 is 4.92 Å². The third-order valence-electron chi connectivity index (χ3n) is 5.33. The Balaban J connectivity index is 1.78. The van der Waals surface area contributed by atoms with Crippen LogP contribution in [0.25, 0.3) is 11.4 Å². The summed E-state index contributed by atoms with van der Waals surface area (Å²) < 4.78 is 16.0. The molecule has 2 aromatic carbocycles. The monoisotopic (exact) mass is 454 g/mol. The Hall–Kier alpha value is -3.95. The van der Waals surface area contributed by atoms with E-state index in [4.69, 9.17) is 14.0 Å². The Morgan fingerprint density at radius 1 is 1.18 bits per heavy atom. The molecule has 0 aliphatic heterocycles. The van der Waals surface area contributed by atoms with Crippen molar-refractivity contribution in [1.82, 2.24) is 15.0 Å². The van der Waals surface area contributed by atoms with E-state index in [1.807, 2.05) is 13.8 Å². The Morgan fingerprint density at radius 3 is 2.48 bits per heavy atom. The molecule has 1 unspecified atom stereocenters. The van der Waals surface area contributed by atoms with Crippen molar-refractivity contribution >= 4 is 11.6 Å². The predicted molar refractivity (Wildman–Crippen MR) is 120 cm³/mol. The maximum absolute atomic E-state index is 13.1. The van der Waals surface area contributed by atoms with Gasteiger partial charge in [0.25, 0.3) is 11.6 Å². The molecule has 33 heavy (non-hydrogen) atoms. The largest absolute Gasteiger partial charge is 0.497 e. The van der Waals surface area contributed by atoms with E-state index in [-0.39, 0.29) is 23.2 Å². The number of ether oxygens (including phenoxy) is 2. The van der Waals surface area contributed by atoms with E-state index in [0.29, 0.717) is 41.7 Å². The minimum Gasteiger partial charge on any atom is -0.497 e. The summed E-state index contributed by atoms with van der Waals surface area (Å²) in [7, 11) is 3.12. The van der Waals surface area contributed by atoms with Crippen LogP contribution >= 0.6 is 0 Å². The van der Waals surface area contributed by atoms with Crippen molar-refractivity contribution in [1.29, 1.82) is 0 Å². The average Bonchev–Trinajstić information content (AvgIpc) is 3.32. The summed E-state index contributed by atoms with van der Waals surface area (Å²) in [5, 5.41) is 15.1. The van der Waals surface area contributed by atoms with Crippen LogP contribution in [0.2, 0.25) is 0 Å². The number of carbonyl (C=O) groups excluding carboxylic acids is 1. The Kier molecular flexibility index (Phi) is 7.60. The van der Waals surface area contributed by atoms with E-state index in [0.717, 1.165) is 6.42 Å². The first-order valence-corrected chi connectivity index (χ1v) is 10.5. The lowest BCUT2D eigenvalue weighted by atomic mass is 10.1. The second-order valence-corrected chi connectivity index (χ2v) is 7.43.